The van der Waals surface area contributed by atoms with E-state index in [2.05, 4.69) is 25.4 Å². The van der Waals surface area contributed by atoms with E-state index in [0.717, 1.165) is 0 Å². The fourth-order valence-electron chi connectivity index (χ4n) is 1.95. The SMILES string of the molecule is O=C(O)c1nccnc1C(=O)Nc1ccc(-n2cncn2)c(Cl)c1. The molecule has 0 saturated carbocycles. The molecule has 120 valence electrons. The van der Waals surface area contributed by atoms with Crippen LogP contribution in [0.5, 0.6) is 0 Å². The maximum Gasteiger partial charge on any atom is 0.356 e. The zero-order valence-electron chi connectivity index (χ0n) is 11.9. The van der Waals surface area contributed by atoms with Crippen molar-refractivity contribution in [1.82, 2.24) is 24.7 Å². The molecule has 0 saturated heterocycles. The van der Waals surface area contributed by atoms with Crippen LogP contribution in [-0.4, -0.2) is 41.7 Å². The third-order valence-corrected chi connectivity index (χ3v) is 3.29. The highest BCUT2D eigenvalue weighted by atomic mass is 35.5. The van der Waals surface area contributed by atoms with Gasteiger partial charge in [-0.25, -0.2) is 24.4 Å². The van der Waals surface area contributed by atoms with Crippen molar-refractivity contribution in [3.8, 4) is 5.69 Å². The molecular formula is C14H9ClN6O3. The molecule has 1 amide bonds. The Hall–Kier alpha value is -3.33. The highest BCUT2D eigenvalue weighted by molar-refractivity contribution is 6.32. The van der Waals surface area contributed by atoms with E-state index in [1.54, 1.807) is 12.1 Å². The molecule has 0 atom stereocenters. The van der Waals surface area contributed by atoms with Gasteiger partial charge in [-0.2, -0.15) is 5.10 Å². The number of halogens is 1. The molecule has 2 heterocycles. The minimum Gasteiger partial charge on any atom is -0.476 e. The average molecular weight is 345 g/mol. The van der Waals surface area contributed by atoms with Crippen LogP contribution in [0, 0.1) is 0 Å². The van der Waals surface area contributed by atoms with Crippen LogP contribution >= 0.6 is 11.6 Å². The van der Waals surface area contributed by atoms with Crippen LogP contribution in [0.4, 0.5) is 5.69 Å². The molecule has 0 fully saturated rings. The molecule has 3 aromatic rings. The third kappa shape index (κ3) is 3.06. The zero-order valence-corrected chi connectivity index (χ0v) is 12.7. The monoisotopic (exact) mass is 344 g/mol. The summed E-state index contributed by atoms with van der Waals surface area (Å²) in [5, 5.41) is 15.9. The number of carbonyl (C=O) groups excluding carboxylic acids is 1. The molecule has 0 spiro atoms. The number of hydrogen-bond acceptors (Lipinski definition) is 6. The standard InChI is InChI=1S/C14H9ClN6O3/c15-9-5-8(1-2-10(9)21-7-16-6-19-21)20-13(22)11-12(14(23)24)18-4-3-17-11/h1-7H,(H,20,22)(H,23,24). The molecule has 9 nitrogen and oxygen atoms in total. The van der Waals surface area contributed by atoms with Gasteiger partial charge in [0.1, 0.15) is 12.7 Å². The summed E-state index contributed by atoms with van der Waals surface area (Å²) in [6.45, 7) is 0. The fraction of sp³-hybridized carbons (Fsp3) is 0. The highest BCUT2D eigenvalue weighted by Gasteiger charge is 2.19. The van der Waals surface area contributed by atoms with Gasteiger partial charge >= 0.3 is 5.97 Å². The maximum atomic E-state index is 12.2. The number of aromatic nitrogens is 5. The van der Waals surface area contributed by atoms with Gasteiger partial charge in [0.05, 0.1) is 10.7 Å². The van der Waals surface area contributed by atoms with Crippen LogP contribution in [0.2, 0.25) is 5.02 Å². The van der Waals surface area contributed by atoms with Gasteiger partial charge in [-0.1, -0.05) is 11.6 Å². The third-order valence-electron chi connectivity index (χ3n) is 2.99. The molecule has 24 heavy (non-hydrogen) atoms. The van der Waals surface area contributed by atoms with Gasteiger partial charge in [-0.3, -0.25) is 4.79 Å². The Morgan fingerprint density at radius 1 is 1.17 bits per heavy atom. The van der Waals surface area contributed by atoms with Crippen molar-refractivity contribution in [3.05, 3.63) is 59.7 Å². The average Bonchev–Trinajstić information content (AvgIpc) is 3.09. The van der Waals surface area contributed by atoms with Gasteiger partial charge in [0.2, 0.25) is 0 Å². The first kappa shape index (κ1) is 15.6. The van der Waals surface area contributed by atoms with Gasteiger partial charge < -0.3 is 10.4 Å². The molecule has 2 aromatic heterocycles. The van der Waals surface area contributed by atoms with E-state index in [1.807, 2.05) is 0 Å². The van der Waals surface area contributed by atoms with Crippen LogP contribution in [0.3, 0.4) is 0 Å². The van der Waals surface area contributed by atoms with Crippen LogP contribution in [0.1, 0.15) is 21.0 Å². The zero-order chi connectivity index (χ0) is 17.1. The van der Waals surface area contributed by atoms with E-state index in [4.69, 9.17) is 16.7 Å². The van der Waals surface area contributed by atoms with E-state index in [1.165, 1.54) is 35.8 Å². The minimum absolute atomic E-state index is 0.290. The van der Waals surface area contributed by atoms with Gasteiger partial charge in [0, 0.05) is 18.1 Å². The van der Waals surface area contributed by atoms with Crippen molar-refractivity contribution in [2.75, 3.05) is 5.32 Å². The van der Waals surface area contributed by atoms with E-state index in [9.17, 15) is 9.59 Å². The maximum absolute atomic E-state index is 12.2. The molecule has 0 bridgehead atoms. The molecule has 1 aromatic carbocycles. The summed E-state index contributed by atoms with van der Waals surface area (Å²) >= 11 is 6.17. The molecule has 0 aliphatic heterocycles. The van der Waals surface area contributed by atoms with Crippen LogP contribution in [-0.2, 0) is 0 Å². The number of amides is 1. The highest BCUT2D eigenvalue weighted by Crippen LogP contribution is 2.24. The lowest BCUT2D eigenvalue weighted by Gasteiger charge is -2.09. The number of anilines is 1. The number of carboxylic acid groups (broad SMARTS) is 1. The quantitative estimate of drug-likeness (QED) is 0.737. The Morgan fingerprint density at radius 3 is 2.54 bits per heavy atom. The van der Waals surface area contributed by atoms with Crippen LogP contribution < -0.4 is 5.32 Å². The van der Waals surface area contributed by atoms with Crippen molar-refractivity contribution in [1.29, 1.82) is 0 Å². The molecule has 0 aliphatic rings. The number of carboxylic acids is 1. The van der Waals surface area contributed by atoms with Gasteiger partial charge in [-0.05, 0) is 18.2 Å². The molecule has 3 rings (SSSR count). The molecule has 0 radical (unpaired) electrons. The number of carbonyl (C=O) groups is 2. The first-order valence-electron chi connectivity index (χ1n) is 6.56. The number of rotatable bonds is 4. The van der Waals surface area contributed by atoms with Crippen molar-refractivity contribution in [3.63, 3.8) is 0 Å². The van der Waals surface area contributed by atoms with E-state index >= 15 is 0 Å². The molecule has 10 heteroatoms. The summed E-state index contributed by atoms with van der Waals surface area (Å²) in [5.74, 6) is -2.04. The minimum atomic E-state index is -1.34. The second-order valence-corrected chi connectivity index (χ2v) is 4.93. The topological polar surface area (TPSA) is 123 Å². The van der Waals surface area contributed by atoms with E-state index < -0.39 is 17.6 Å². The van der Waals surface area contributed by atoms with Crippen molar-refractivity contribution < 1.29 is 14.7 Å². The van der Waals surface area contributed by atoms with Crippen LogP contribution in [0.25, 0.3) is 5.69 Å². The van der Waals surface area contributed by atoms with Crippen molar-refractivity contribution >= 4 is 29.2 Å². The van der Waals surface area contributed by atoms with Crippen LogP contribution in [0.15, 0.2) is 43.2 Å². The number of nitrogens with zero attached hydrogens (tertiary/aromatic N) is 5. The summed E-state index contributed by atoms with van der Waals surface area (Å²) < 4.78 is 1.47. The number of benzene rings is 1. The van der Waals surface area contributed by atoms with Gasteiger partial charge in [0.25, 0.3) is 5.91 Å². The summed E-state index contributed by atoms with van der Waals surface area (Å²) in [6.07, 6.45) is 5.29. The van der Waals surface area contributed by atoms with E-state index in [0.29, 0.717) is 16.4 Å². The van der Waals surface area contributed by atoms with Gasteiger partial charge in [-0.15, -0.1) is 0 Å². The predicted molar refractivity (Wildman–Crippen MR) is 83.3 cm³/mol. The number of aromatic carboxylic acids is 1. The normalized spacial score (nSPS) is 10.4. The lowest BCUT2D eigenvalue weighted by molar-refractivity contribution is 0.0685. The molecule has 0 unspecified atom stereocenters. The predicted octanol–water partition coefficient (Wildman–Crippen LogP) is 1.66. The van der Waals surface area contributed by atoms with Crippen molar-refractivity contribution in [2.24, 2.45) is 0 Å². The number of nitrogens with one attached hydrogen (secondary N) is 1. The number of hydrogen-bond donors (Lipinski definition) is 2. The second kappa shape index (κ2) is 6.42. The fourth-order valence-corrected chi connectivity index (χ4v) is 2.22. The summed E-state index contributed by atoms with van der Waals surface area (Å²) in [7, 11) is 0. The Kier molecular flexibility index (Phi) is 4.17. The Morgan fingerprint density at radius 2 is 1.92 bits per heavy atom. The largest absolute Gasteiger partial charge is 0.476 e. The second-order valence-electron chi connectivity index (χ2n) is 4.52. The Labute approximate surface area is 140 Å². The smallest absolute Gasteiger partial charge is 0.356 e. The Balaban J connectivity index is 1.86. The van der Waals surface area contributed by atoms with Gasteiger partial charge in [0.15, 0.2) is 11.4 Å². The lowest BCUT2D eigenvalue weighted by Crippen LogP contribution is -2.19. The summed E-state index contributed by atoms with van der Waals surface area (Å²) in [6, 6.07) is 4.74. The molecule has 2 N–H and O–H groups in total. The molecule has 0 aliphatic carbocycles. The summed E-state index contributed by atoms with van der Waals surface area (Å²) in [4.78, 5) is 34.5. The molecular weight excluding hydrogens is 336 g/mol. The summed E-state index contributed by atoms with van der Waals surface area (Å²) in [5.41, 5.74) is 0.232. The first-order valence-corrected chi connectivity index (χ1v) is 6.94. The Bertz CT molecular complexity index is 913. The van der Waals surface area contributed by atoms with Crippen molar-refractivity contribution in [2.45, 2.75) is 0 Å². The van der Waals surface area contributed by atoms with E-state index in [-0.39, 0.29) is 5.69 Å². The lowest BCUT2D eigenvalue weighted by atomic mass is 10.2. The first-order chi connectivity index (χ1) is 11.6.